The van der Waals surface area contributed by atoms with Crippen LogP contribution in [0.2, 0.25) is 10.0 Å². The third-order valence-electron chi connectivity index (χ3n) is 4.64. The fourth-order valence-electron chi connectivity index (χ4n) is 3.12. The number of amides is 2. The minimum absolute atomic E-state index is 0.0549. The van der Waals surface area contributed by atoms with Crippen molar-refractivity contribution in [2.75, 3.05) is 11.9 Å². The predicted molar refractivity (Wildman–Crippen MR) is 102 cm³/mol. The molecule has 1 saturated carbocycles. The number of nitrogens with one attached hydrogen (secondary N) is 1. The first-order valence-corrected chi connectivity index (χ1v) is 9.45. The van der Waals surface area contributed by atoms with E-state index in [1.165, 1.54) is 12.3 Å². The number of rotatable bonds is 5. The molecule has 27 heavy (non-hydrogen) atoms. The van der Waals surface area contributed by atoms with E-state index in [4.69, 9.17) is 27.9 Å². The Balaban J connectivity index is 1.48. The van der Waals surface area contributed by atoms with Crippen molar-refractivity contribution in [3.8, 4) is 11.6 Å². The molecule has 1 aliphatic heterocycles. The van der Waals surface area contributed by atoms with Crippen LogP contribution in [0.5, 0.6) is 11.6 Å². The number of halogens is 2. The number of ether oxygens (including phenoxy) is 1. The molecule has 6 nitrogen and oxygen atoms in total. The highest BCUT2D eigenvalue weighted by Crippen LogP contribution is 2.35. The molecule has 4 rings (SSSR count). The highest BCUT2D eigenvalue weighted by atomic mass is 35.5. The van der Waals surface area contributed by atoms with Gasteiger partial charge in [0.25, 0.3) is 0 Å². The van der Waals surface area contributed by atoms with Crippen LogP contribution in [0, 0.1) is 5.92 Å². The number of hydrogen-bond acceptors (Lipinski definition) is 4. The van der Waals surface area contributed by atoms with E-state index in [0.29, 0.717) is 29.0 Å². The normalized spacial score (nSPS) is 19.3. The molecule has 2 aliphatic rings. The second-order valence-corrected chi connectivity index (χ2v) is 7.55. The summed E-state index contributed by atoms with van der Waals surface area (Å²) in [4.78, 5) is 30.6. The van der Waals surface area contributed by atoms with E-state index in [0.717, 1.165) is 12.8 Å². The maximum atomic E-state index is 12.7. The van der Waals surface area contributed by atoms with Gasteiger partial charge in [-0.1, -0.05) is 35.3 Å². The van der Waals surface area contributed by atoms with Gasteiger partial charge in [0.15, 0.2) is 5.75 Å². The minimum atomic E-state index is -0.358. The number of hydrogen-bond donors (Lipinski definition) is 1. The molecule has 1 aromatic heterocycles. The summed E-state index contributed by atoms with van der Waals surface area (Å²) in [5.41, 5.74) is 0.493. The average molecular weight is 406 g/mol. The second-order valence-electron chi connectivity index (χ2n) is 6.71. The van der Waals surface area contributed by atoms with Crippen LogP contribution in [0.25, 0.3) is 0 Å². The number of anilines is 1. The zero-order chi connectivity index (χ0) is 19.0. The first kappa shape index (κ1) is 18.1. The number of para-hydroxylation sites is 2. The van der Waals surface area contributed by atoms with Crippen LogP contribution in [0.15, 0.2) is 36.5 Å². The van der Waals surface area contributed by atoms with E-state index in [1.54, 1.807) is 24.3 Å². The Labute approximate surface area is 166 Å². The van der Waals surface area contributed by atoms with Crippen LogP contribution in [-0.2, 0) is 9.59 Å². The number of pyridine rings is 1. The predicted octanol–water partition coefficient (Wildman–Crippen LogP) is 4.13. The topological polar surface area (TPSA) is 71.5 Å². The zero-order valence-electron chi connectivity index (χ0n) is 14.3. The van der Waals surface area contributed by atoms with Gasteiger partial charge in [-0.05, 0) is 31.0 Å². The van der Waals surface area contributed by atoms with Crippen LogP contribution in [0.4, 0.5) is 5.69 Å². The standard InChI is InChI=1S/C19H17Cl2N3O3/c20-12-8-14(21)19(22-9-12)27-16-4-2-1-3-15(16)23-18(26)11-7-17(25)24(10-11)13-5-6-13/h1-4,8-9,11,13H,5-7,10H2,(H,23,26). The number of aromatic nitrogens is 1. The Bertz CT molecular complexity index is 902. The van der Waals surface area contributed by atoms with Gasteiger partial charge in [-0.2, -0.15) is 0 Å². The summed E-state index contributed by atoms with van der Waals surface area (Å²) in [6.45, 7) is 0.475. The molecular weight excluding hydrogens is 389 g/mol. The van der Waals surface area contributed by atoms with Gasteiger partial charge in [0, 0.05) is 25.2 Å². The van der Waals surface area contributed by atoms with E-state index < -0.39 is 0 Å². The van der Waals surface area contributed by atoms with E-state index in [1.807, 2.05) is 4.90 Å². The van der Waals surface area contributed by atoms with Gasteiger partial charge in [0.1, 0.15) is 5.02 Å². The molecule has 8 heteroatoms. The van der Waals surface area contributed by atoms with Gasteiger partial charge >= 0.3 is 0 Å². The molecule has 2 aromatic rings. The molecular formula is C19H17Cl2N3O3. The molecule has 2 fully saturated rings. The first-order valence-electron chi connectivity index (χ1n) is 8.69. The summed E-state index contributed by atoms with van der Waals surface area (Å²) < 4.78 is 5.76. The van der Waals surface area contributed by atoms with Gasteiger partial charge in [-0.15, -0.1) is 0 Å². The third-order valence-corrected chi connectivity index (χ3v) is 5.12. The van der Waals surface area contributed by atoms with Crippen molar-refractivity contribution in [3.05, 3.63) is 46.6 Å². The molecule has 1 N–H and O–H groups in total. The Morgan fingerprint density at radius 3 is 2.78 bits per heavy atom. The van der Waals surface area contributed by atoms with Gasteiger partial charge in [0.05, 0.1) is 16.6 Å². The van der Waals surface area contributed by atoms with Gasteiger partial charge in [-0.3, -0.25) is 9.59 Å². The monoisotopic (exact) mass is 405 g/mol. The van der Waals surface area contributed by atoms with E-state index in [9.17, 15) is 9.59 Å². The largest absolute Gasteiger partial charge is 0.435 e. The molecule has 1 aliphatic carbocycles. The van der Waals surface area contributed by atoms with Gasteiger partial charge < -0.3 is 15.0 Å². The number of carbonyl (C=O) groups excluding carboxylic acids is 2. The second kappa shape index (κ2) is 7.37. The summed E-state index contributed by atoms with van der Waals surface area (Å²) in [5.74, 6) is 0.102. The van der Waals surface area contributed by atoms with E-state index in [2.05, 4.69) is 10.3 Å². The smallest absolute Gasteiger partial charge is 0.238 e. The van der Waals surface area contributed by atoms with Crippen LogP contribution < -0.4 is 10.1 Å². The number of nitrogens with zero attached hydrogens (tertiary/aromatic N) is 2. The van der Waals surface area contributed by atoms with Crippen molar-refractivity contribution >= 4 is 40.7 Å². The third kappa shape index (κ3) is 4.01. The van der Waals surface area contributed by atoms with Crippen molar-refractivity contribution in [2.24, 2.45) is 5.92 Å². The lowest BCUT2D eigenvalue weighted by Gasteiger charge is -2.16. The molecule has 0 spiro atoms. The van der Waals surface area contributed by atoms with Gasteiger partial charge in [0.2, 0.25) is 17.7 Å². The van der Waals surface area contributed by atoms with E-state index >= 15 is 0 Å². The molecule has 1 saturated heterocycles. The molecule has 0 radical (unpaired) electrons. The number of benzene rings is 1. The van der Waals surface area contributed by atoms with Gasteiger partial charge in [-0.25, -0.2) is 4.98 Å². The molecule has 1 unspecified atom stereocenters. The van der Waals surface area contributed by atoms with Crippen LogP contribution in [0.1, 0.15) is 19.3 Å². The summed E-state index contributed by atoms with van der Waals surface area (Å²) in [6, 6.07) is 8.86. The minimum Gasteiger partial charge on any atom is -0.435 e. The molecule has 1 aromatic carbocycles. The van der Waals surface area contributed by atoms with Crippen LogP contribution in [-0.4, -0.2) is 34.3 Å². The Kier molecular flexibility index (Phi) is 4.93. The lowest BCUT2D eigenvalue weighted by molar-refractivity contribution is -0.128. The quantitative estimate of drug-likeness (QED) is 0.811. The highest BCUT2D eigenvalue weighted by Gasteiger charge is 2.41. The molecule has 140 valence electrons. The van der Waals surface area contributed by atoms with Crippen molar-refractivity contribution in [1.29, 1.82) is 0 Å². The lowest BCUT2D eigenvalue weighted by Crippen LogP contribution is -2.29. The maximum Gasteiger partial charge on any atom is 0.238 e. The molecule has 2 amide bonds. The highest BCUT2D eigenvalue weighted by molar-refractivity contribution is 6.35. The number of carbonyl (C=O) groups is 2. The Morgan fingerprint density at radius 1 is 1.26 bits per heavy atom. The van der Waals surface area contributed by atoms with Crippen molar-refractivity contribution < 1.29 is 14.3 Å². The van der Waals surface area contributed by atoms with Crippen molar-refractivity contribution in [1.82, 2.24) is 9.88 Å². The fourth-order valence-corrected chi connectivity index (χ4v) is 3.54. The molecule has 2 heterocycles. The zero-order valence-corrected chi connectivity index (χ0v) is 15.8. The summed E-state index contributed by atoms with van der Waals surface area (Å²) >= 11 is 12.0. The van der Waals surface area contributed by atoms with Crippen LogP contribution >= 0.6 is 23.2 Å². The molecule has 0 bridgehead atoms. The summed E-state index contributed by atoms with van der Waals surface area (Å²) in [7, 11) is 0. The Hall–Kier alpha value is -2.31. The maximum absolute atomic E-state index is 12.7. The summed E-state index contributed by atoms with van der Waals surface area (Å²) in [6.07, 6.45) is 3.74. The van der Waals surface area contributed by atoms with Crippen molar-refractivity contribution in [3.63, 3.8) is 0 Å². The Morgan fingerprint density at radius 2 is 2.04 bits per heavy atom. The van der Waals surface area contributed by atoms with Crippen molar-refractivity contribution in [2.45, 2.75) is 25.3 Å². The number of likely N-dealkylation sites (tertiary alicyclic amines) is 1. The lowest BCUT2D eigenvalue weighted by atomic mass is 10.1. The fraction of sp³-hybridized carbons (Fsp3) is 0.316. The first-order chi connectivity index (χ1) is 13.0. The van der Waals surface area contributed by atoms with Crippen LogP contribution in [0.3, 0.4) is 0 Å². The average Bonchev–Trinajstić information content (AvgIpc) is 3.40. The SMILES string of the molecule is O=C(Nc1ccccc1Oc1ncc(Cl)cc1Cl)C1CC(=O)N(C2CC2)C1. The van der Waals surface area contributed by atoms with E-state index in [-0.39, 0.29) is 35.1 Å². The molecule has 1 atom stereocenters. The summed E-state index contributed by atoms with van der Waals surface area (Å²) in [5, 5.41) is 3.54.